The molecule has 3 rings (SSSR count). The quantitative estimate of drug-likeness (QED) is 0.902. The van der Waals surface area contributed by atoms with E-state index in [1.54, 1.807) is 28.6 Å². The first-order chi connectivity index (χ1) is 11.0. The smallest absolute Gasteiger partial charge is 0.243 e. The molecule has 2 aliphatic rings. The summed E-state index contributed by atoms with van der Waals surface area (Å²) in [6, 6.07) is 8.78. The molecule has 0 saturated carbocycles. The van der Waals surface area contributed by atoms with Crippen LogP contribution in [-0.2, 0) is 10.0 Å². The fraction of sp³-hybridized carbons (Fsp3) is 0.647. The third-order valence-corrected chi connectivity index (χ3v) is 6.90. The molecule has 1 atom stereocenters. The van der Waals surface area contributed by atoms with Crippen molar-refractivity contribution < 1.29 is 8.42 Å². The molecule has 5 nitrogen and oxygen atoms in total. The van der Waals surface area contributed by atoms with Crippen LogP contribution in [0, 0.1) is 5.41 Å². The van der Waals surface area contributed by atoms with Gasteiger partial charge in [0.15, 0.2) is 0 Å². The van der Waals surface area contributed by atoms with Crippen molar-refractivity contribution in [3.8, 4) is 0 Å². The second-order valence-electron chi connectivity index (χ2n) is 7.08. The molecule has 6 heteroatoms. The standard InChI is InChI=1S/C17H27N3O2S/c1-17(8-9-18-14-17)15-19-10-5-11-20(13-12-19)23(21,22)16-6-3-2-4-7-16/h2-4,6-7,18H,5,8-15H2,1H3. The van der Waals surface area contributed by atoms with E-state index in [1.165, 1.54) is 6.42 Å². The molecule has 0 radical (unpaired) electrons. The molecule has 0 amide bonds. The monoisotopic (exact) mass is 337 g/mol. The summed E-state index contributed by atoms with van der Waals surface area (Å²) in [5.41, 5.74) is 0.327. The molecule has 2 saturated heterocycles. The predicted molar refractivity (Wildman–Crippen MR) is 91.9 cm³/mol. The van der Waals surface area contributed by atoms with E-state index in [4.69, 9.17) is 0 Å². The molecule has 0 spiro atoms. The topological polar surface area (TPSA) is 52.7 Å². The van der Waals surface area contributed by atoms with Gasteiger partial charge in [-0.15, -0.1) is 0 Å². The summed E-state index contributed by atoms with van der Waals surface area (Å²) in [5.74, 6) is 0. The Kier molecular flexibility index (Phi) is 5.06. The third kappa shape index (κ3) is 3.94. The van der Waals surface area contributed by atoms with Gasteiger partial charge in [0.1, 0.15) is 0 Å². The molecule has 0 bridgehead atoms. The van der Waals surface area contributed by atoms with Crippen LogP contribution < -0.4 is 5.32 Å². The fourth-order valence-corrected chi connectivity index (χ4v) is 5.12. The number of hydrogen-bond acceptors (Lipinski definition) is 4. The van der Waals surface area contributed by atoms with Crippen LogP contribution in [0.5, 0.6) is 0 Å². The zero-order chi connectivity index (χ0) is 16.3. The van der Waals surface area contributed by atoms with Crippen molar-refractivity contribution in [2.75, 3.05) is 45.8 Å². The Morgan fingerprint density at radius 2 is 1.91 bits per heavy atom. The highest BCUT2D eigenvalue weighted by Gasteiger charge is 2.32. The second kappa shape index (κ2) is 6.89. The second-order valence-corrected chi connectivity index (χ2v) is 9.02. The summed E-state index contributed by atoms with van der Waals surface area (Å²) < 4.78 is 27.2. The lowest BCUT2D eigenvalue weighted by Gasteiger charge is -2.31. The van der Waals surface area contributed by atoms with Crippen molar-refractivity contribution in [3.63, 3.8) is 0 Å². The Labute approximate surface area is 139 Å². The van der Waals surface area contributed by atoms with Crippen molar-refractivity contribution in [1.82, 2.24) is 14.5 Å². The molecule has 1 aromatic rings. The Balaban J connectivity index is 1.64. The first kappa shape index (κ1) is 16.9. The summed E-state index contributed by atoms with van der Waals surface area (Å²) in [7, 11) is -3.36. The molecule has 0 aromatic heterocycles. The van der Waals surface area contributed by atoms with E-state index in [0.29, 0.717) is 23.4 Å². The van der Waals surface area contributed by atoms with Crippen molar-refractivity contribution in [3.05, 3.63) is 30.3 Å². The van der Waals surface area contributed by atoms with Crippen molar-refractivity contribution in [1.29, 1.82) is 0 Å². The van der Waals surface area contributed by atoms with E-state index < -0.39 is 10.0 Å². The molecule has 1 aromatic carbocycles. The number of benzene rings is 1. The van der Waals surface area contributed by atoms with E-state index in [0.717, 1.165) is 39.1 Å². The molecule has 2 aliphatic heterocycles. The molecule has 23 heavy (non-hydrogen) atoms. The Hall–Kier alpha value is -0.950. The summed E-state index contributed by atoms with van der Waals surface area (Å²) in [4.78, 5) is 2.84. The summed E-state index contributed by atoms with van der Waals surface area (Å²) in [5, 5.41) is 3.44. The zero-order valence-corrected chi connectivity index (χ0v) is 14.7. The SMILES string of the molecule is CC1(CN2CCCN(S(=O)(=O)c3ccccc3)CC2)CCNC1. The zero-order valence-electron chi connectivity index (χ0n) is 13.9. The Morgan fingerprint density at radius 3 is 2.61 bits per heavy atom. The highest BCUT2D eigenvalue weighted by Crippen LogP contribution is 2.26. The van der Waals surface area contributed by atoms with Gasteiger partial charge in [-0.2, -0.15) is 4.31 Å². The van der Waals surface area contributed by atoms with Crippen LogP contribution in [0.2, 0.25) is 0 Å². The largest absolute Gasteiger partial charge is 0.316 e. The predicted octanol–water partition coefficient (Wildman–Crippen LogP) is 1.38. The lowest BCUT2D eigenvalue weighted by Crippen LogP contribution is -2.40. The number of sulfonamides is 1. The van der Waals surface area contributed by atoms with Crippen LogP contribution in [0.3, 0.4) is 0 Å². The van der Waals surface area contributed by atoms with Gasteiger partial charge >= 0.3 is 0 Å². The van der Waals surface area contributed by atoms with Gasteiger partial charge in [0.2, 0.25) is 10.0 Å². The van der Waals surface area contributed by atoms with Gasteiger partial charge in [-0.3, -0.25) is 0 Å². The third-order valence-electron chi connectivity index (χ3n) is 4.99. The van der Waals surface area contributed by atoms with Crippen LogP contribution in [0.25, 0.3) is 0 Å². The lowest BCUT2D eigenvalue weighted by molar-refractivity contribution is 0.184. The minimum absolute atomic E-state index is 0.327. The van der Waals surface area contributed by atoms with Gasteiger partial charge < -0.3 is 10.2 Å². The number of rotatable bonds is 4. The molecule has 2 fully saturated rings. The molecular formula is C17H27N3O2S. The van der Waals surface area contributed by atoms with Crippen LogP contribution in [0.4, 0.5) is 0 Å². The summed E-state index contributed by atoms with van der Waals surface area (Å²) in [6.07, 6.45) is 2.10. The van der Waals surface area contributed by atoms with Gasteiger partial charge in [-0.05, 0) is 43.5 Å². The maximum absolute atomic E-state index is 12.8. The van der Waals surface area contributed by atoms with Crippen LogP contribution >= 0.6 is 0 Å². The molecule has 128 valence electrons. The number of nitrogens with one attached hydrogen (secondary N) is 1. The van der Waals surface area contributed by atoms with E-state index in [1.807, 2.05) is 6.07 Å². The number of hydrogen-bond donors (Lipinski definition) is 1. The van der Waals surface area contributed by atoms with E-state index in [9.17, 15) is 8.42 Å². The maximum Gasteiger partial charge on any atom is 0.243 e. The van der Waals surface area contributed by atoms with Crippen LogP contribution in [0.15, 0.2) is 35.2 Å². The maximum atomic E-state index is 12.8. The van der Waals surface area contributed by atoms with Crippen LogP contribution in [0.1, 0.15) is 19.8 Å². The molecular weight excluding hydrogens is 310 g/mol. The summed E-state index contributed by atoms with van der Waals surface area (Å²) >= 11 is 0. The van der Waals surface area contributed by atoms with E-state index >= 15 is 0 Å². The number of nitrogens with zero attached hydrogens (tertiary/aromatic N) is 2. The highest BCUT2D eigenvalue weighted by molar-refractivity contribution is 7.89. The highest BCUT2D eigenvalue weighted by atomic mass is 32.2. The van der Waals surface area contributed by atoms with Crippen LogP contribution in [-0.4, -0.2) is 63.4 Å². The average Bonchev–Trinajstić information content (AvgIpc) is 2.82. The van der Waals surface area contributed by atoms with Gasteiger partial charge in [-0.25, -0.2) is 8.42 Å². The molecule has 0 aliphatic carbocycles. The van der Waals surface area contributed by atoms with Crippen molar-refractivity contribution >= 4 is 10.0 Å². The minimum Gasteiger partial charge on any atom is -0.316 e. The van der Waals surface area contributed by atoms with Crippen molar-refractivity contribution in [2.24, 2.45) is 5.41 Å². The van der Waals surface area contributed by atoms with Gasteiger partial charge in [0.25, 0.3) is 0 Å². The molecule has 1 unspecified atom stereocenters. The van der Waals surface area contributed by atoms with E-state index in [-0.39, 0.29) is 0 Å². The fourth-order valence-electron chi connectivity index (χ4n) is 3.63. The van der Waals surface area contributed by atoms with Gasteiger partial charge in [0, 0.05) is 32.7 Å². The van der Waals surface area contributed by atoms with Crippen molar-refractivity contribution in [2.45, 2.75) is 24.7 Å². The normalized spacial score (nSPS) is 27.9. The first-order valence-corrected chi connectivity index (χ1v) is 9.92. The first-order valence-electron chi connectivity index (χ1n) is 8.48. The summed E-state index contributed by atoms with van der Waals surface area (Å²) in [6.45, 7) is 8.55. The van der Waals surface area contributed by atoms with Gasteiger partial charge in [-0.1, -0.05) is 25.1 Å². The average molecular weight is 337 g/mol. The van der Waals surface area contributed by atoms with E-state index in [2.05, 4.69) is 17.1 Å². The molecule has 1 N–H and O–H groups in total. The Morgan fingerprint density at radius 1 is 1.13 bits per heavy atom. The minimum atomic E-state index is -3.36. The lowest BCUT2D eigenvalue weighted by atomic mass is 9.89. The van der Waals surface area contributed by atoms with Gasteiger partial charge in [0.05, 0.1) is 4.90 Å². The Bertz CT molecular complexity index is 612. The molecule has 2 heterocycles.